The standard InChI is InChI=1S/C18H21FN4O2S/c1-4-22(5-2)8-9-23(17(24)15-10-12(3)25-21-15)18-20-14-7-6-13(19)11-16(14)26-18/h6-7,10-11H,4-5,8-9H2,1-3H3. The van der Waals surface area contributed by atoms with Gasteiger partial charge in [-0.3, -0.25) is 9.69 Å². The molecule has 0 bridgehead atoms. The van der Waals surface area contributed by atoms with Crippen molar-refractivity contribution in [2.75, 3.05) is 31.1 Å². The van der Waals surface area contributed by atoms with Crippen molar-refractivity contribution in [2.24, 2.45) is 0 Å². The van der Waals surface area contributed by atoms with Crippen LogP contribution in [0.25, 0.3) is 10.2 Å². The molecule has 0 atom stereocenters. The summed E-state index contributed by atoms with van der Waals surface area (Å²) in [6.45, 7) is 8.87. The highest BCUT2D eigenvalue weighted by Gasteiger charge is 2.24. The molecule has 3 rings (SSSR count). The largest absolute Gasteiger partial charge is 0.361 e. The highest BCUT2D eigenvalue weighted by Crippen LogP contribution is 2.30. The van der Waals surface area contributed by atoms with E-state index < -0.39 is 0 Å². The Hall–Kier alpha value is -2.32. The SMILES string of the molecule is CCN(CC)CCN(C(=O)c1cc(C)on1)c1nc2ccc(F)cc2s1. The minimum absolute atomic E-state index is 0.243. The second kappa shape index (κ2) is 7.92. The number of carbonyl (C=O) groups excluding carboxylic acids is 1. The number of amides is 1. The van der Waals surface area contributed by atoms with Crippen molar-refractivity contribution in [2.45, 2.75) is 20.8 Å². The average molecular weight is 376 g/mol. The molecule has 0 radical (unpaired) electrons. The normalized spacial score (nSPS) is 11.4. The third-order valence-corrected chi connectivity index (χ3v) is 5.24. The number of thiazole rings is 1. The molecule has 0 unspecified atom stereocenters. The fourth-order valence-corrected chi connectivity index (χ4v) is 3.69. The average Bonchev–Trinajstić information content (AvgIpc) is 3.24. The first kappa shape index (κ1) is 18.5. The Kier molecular flexibility index (Phi) is 5.63. The van der Waals surface area contributed by atoms with Crippen molar-refractivity contribution in [3.63, 3.8) is 0 Å². The van der Waals surface area contributed by atoms with E-state index >= 15 is 0 Å². The van der Waals surface area contributed by atoms with E-state index in [1.54, 1.807) is 24.0 Å². The number of aromatic nitrogens is 2. The number of benzene rings is 1. The van der Waals surface area contributed by atoms with Crippen LogP contribution in [0.5, 0.6) is 0 Å². The van der Waals surface area contributed by atoms with E-state index in [9.17, 15) is 9.18 Å². The van der Waals surface area contributed by atoms with Gasteiger partial charge in [0.15, 0.2) is 10.8 Å². The number of anilines is 1. The maximum Gasteiger partial charge on any atom is 0.282 e. The molecule has 8 heteroatoms. The summed E-state index contributed by atoms with van der Waals surface area (Å²) < 4.78 is 19.2. The Morgan fingerprint density at radius 3 is 2.65 bits per heavy atom. The number of nitrogens with zero attached hydrogens (tertiary/aromatic N) is 4. The van der Waals surface area contributed by atoms with Gasteiger partial charge in [-0.2, -0.15) is 0 Å². The number of halogens is 1. The van der Waals surface area contributed by atoms with Crippen molar-refractivity contribution < 1.29 is 13.7 Å². The molecule has 6 nitrogen and oxygen atoms in total. The fraction of sp³-hybridized carbons (Fsp3) is 0.389. The number of rotatable bonds is 7. The molecule has 0 aliphatic heterocycles. The molecule has 26 heavy (non-hydrogen) atoms. The molecular weight excluding hydrogens is 355 g/mol. The highest BCUT2D eigenvalue weighted by atomic mass is 32.1. The molecular formula is C18H21FN4O2S. The minimum atomic E-state index is -0.319. The molecule has 2 heterocycles. The molecule has 0 aliphatic rings. The van der Waals surface area contributed by atoms with E-state index in [4.69, 9.17) is 4.52 Å². The lowest BCUT2D eigenvalue weighted by molar-refractivity contribution is 0.0975. The van der Waals surface area contributed by atoms with E-state index in [1.165, 1.54) is 23.5 Å². The van der Waals surface area contributed by atoms with Gasteiger partial charge in [0.2, 0.25) is 0 Å². The van der Waals surface area contributed by atoms with Crippen LogP contribution in [0, 0.1) is 12.7 Å². The van der Waals surface area contributed by atoms with Crippen LogP contribution in [0.1, 0.15) is 30.1 Å². The number of carbonyl (C=O) groups is 1. The molecule has 0 fully saturated rings. The smallest absolute Gasteiger partial charge is 0.282 e. The summed E-state index contributed by atoms with van der Waals surface area (Å²) in [5.41, 5.74) is 0.913. The van der Waals surface area contributed by atoms with Crippen LogP contribution in [0.4, 0.5) is 9.52 Å². The van der Waals surface area contributed by atoms with Crippen LogP contribution in [-0.2, 0) is 0 Å². The van der Waals surface area contributed by atoms with E-state index in [0.29, 0.717) is 34.2 Å². The van der Waals surface area contributed by atoms with Crippen LogP contribution in [-0.4, -0.2) is 47.1 Å². The van der Waals surface area contributed by atoms with Crippen LogP contribution >= 0.6 is 11.3 Å². The number of aryl methyl sites for hydroxylation is 1. The summed E-state index contributed by atoms with van der Waals surface area (Å²) in [6.07, 6.45) is 0. The van der Waals surface area contributed by atoms with Crippen LogP contribution in [0.3, 0.4) is 0 Å². The summed E-state index contributed by atoms with van der Waals surface area (Å²) in [5.74, 6) is -0.0159. The number of hydrogen-bond acceptors (Lipinski definition) is 6. The van der Waals surface area contributed by atoms with E-state index in [1.807, 2.05) is 0 Å². The van der Waals surface area contributed by atoms with E-state index in [2.05, 4.69) is 28.9 Å². The zero-order valence-electron chi connectivity index (χ0n) is 15.0. The third kappa shape index (κ3) is 3.91. The monoisotopic (exact) mass is 376 g/mol. The molecule has 1 aromatic carbocycles. The molecule has 0 saturated heterocycles. The molecule has 0 N–H and O–H groups in total. The number of hydrogen-bond donors (Lipinski definition) is 0. The molecule has 138 valence electrons. The molecule has 0 saturated carbocycles. The van der Waals surface area contributed by atoms with Gasteiger partial charge in [-0.15, -0.1) is 0 Å². The second-order valence-corrected chi connectivity index (χ2v) is 6.92. The molecule has 3 aromatic rings. The molecule has 0 spiro atoms. The lowest BCUT2D eigenvalue weighted by Gasteiger charge is -2.24. The summed E-state index contributed by atoms with van der Waals surface area (Å²) in [7, 11) is 0. The van der Waals surface area contributed by atoms with Crippen molar-refractivity contribution in [3.8, 4) is 0 Å². The first-order valence-electron chi connectivity index (χ1n) is 8.55. The lowest BCUT2D eigenvalue weighted by Crippen LogP contribution is -2.39. The molecule has 1 amide bonds. The van der Waals surface area contributed by atoms with Gasteiger partial charge in [0.05, 0.1) is 10.2 Å². The van der Waals surface area contributed by atoms with Crippen molar-refractivity contribution in [3.05, 3.63) is 41.5 Å². The van der Waals surface area contributed by atoms with Crippen LogP contribution in [0.2, 0.25) is 0 Å². The Morgan fingerprint density at radius 2 is 2.00 bits per heavy atom. The van der Waals surface area contributed by atoms with Crippen LogP contribution in [0.15, 0.2) is 28.8 Å². The van der Waals surface area contributed by atoms with Gasteiger partial charge >= 0.3 is 0 Å². The van der Waals surface area contributed by atoms with Crippen LogP contribution < -0.4 is 4.90 Å². The van der Waals surface area contributed by atoms with Crippen molar-refractivity contribution in [1.29, 1.82) is 0 Å². The van der Waals surface area contributed by atoms with Gasteiger partial charge in [0, 0.05) is 19.2 Å². The minimum Gasteiger partial charge on any atom is -0.361 e. The molecule has 2 aromatic heterocycles. The van der Waals surface area contributed by atoms with Gasteiger partial charge < -0.3 is 9.42 Å². The second-order valence-electron chi connectivity index (χ2n) is 5.91. The summed E-state index contributed by atoms with van der Waals surface area (Å²) in [6, 6.07) is 6.04. The Bertz CT molecular complexity index is 904. The summed E-state index contributed by atoms with van der Waals surface area (Å²) in [4.78, 5) is 21.3. The quantitative estimate of drug-likeness (QED) is 0.629. The Balaban J connectivity index is 1.93. The zero-order chi connectivity index (χ0) is 18.7. The highest BCUT2D eigenvalue weighted by molar-refractivity contribution is 7.22. The predicted octanol–water partition coefficient (Wildman–Crippen LogP) is 3.72. The Labute approximate surface area is 155 Å². The Morgan fingerprint density at radius 1 is 1.23 bits per heavy atom. The topological polar surface area (TPSA) is 62.5 Å². The van der Waals surface area contributed by atoms with Gasteiger partial charge in [0.25, 0.3) is 5.91 Å². The maximum atomic E-state index is 13.5. The van der Waals surface area contributed by atoms with E-state index in [-0.39, 0.29) is 17.4 Å². The van der Waals surface area contributed by atoms with Gasteiger partial charge in [-0.25, -0.2) is 9.37 Å². The maximum absolute atomic E-state index is 13.5. The fourth-order valence-electron chi connectivity index (χ4n) is 2.67. The predicted molar refractivity (Wildman–Crippen MR) is 100 cm³/mol. The van der Waals surface area contributed by atoms with Crippen molar-refractivity contribution in [1.82, 2.24) is 15.0 Å². The van der Waals surface area contributed by atoms with Gasteiger partial charge in [0.1, 0.15) is 11.6 Å². The number of likely N-dealkylation sites (N-methyl/N-ethyl adjacent to an activating group) is 1. The third-order valence-electron chi connectivity index (χ3n) is 4.20. The first-order valence-corrected chi connectivity index (χ1v) is 9.37. The summed E-state index contributed by atoms with van der Waals surface area (Å²) in [5, 5.41) is 4.37. The summed E-state index contributed by atoms with van der Waals surface area (Å²) >= 11 is 1.29. The number of fused-ring (bicyclic) bond motifs is 1. The lowest BCUT2D eigenvalue weighted by atomic mass is 10.3. The van der Waals surface area contributed by atoms with Gasteiger partial charge in [-0.05, 0) is 38.2 Å². The van der Waals surface area contributed by atoms with Crippen molar-refractivity contribution >= 4 is 32.6 Å². The first-order chi connectivity index (χ1) is 12.5. The van der Waals surface area contributed by atoms with E-state index in [0.717, 1.165) is 13.1 Å². The van der Waals surface area contributed by atoms with Gasteiger partial charge in [-0.1, -0.05) is 30.3 Å². The zero-order valence-corrected chi connectivity index (χ0v) is 15.8. The molecule has 0 aliphatic carbocycles.